The van der Waals surface area contributed by atoms with Gasteiger partial charge in [-0.3, -0.25) is 4.79 Å². The first kappa shape index (κ1) is 17.3. The molecule has 5 nitrogen and oxygen atoms in total. The molecule has 2 aromatic carbocycles. The van der Waals surface area contributed by atoms with E-state index >= 15 is 0 Å². The largest absolute Gasteiger partial charge is 0.343 e. The molecular formula is C20H25N3O2. The van der Waals surface area contributed by atoms with E-state index in [-0.39, 0.29) is 18.0 Å². The van der Waals surface area contributed by atoms with Crippen LogP contribution in [0.5, 0.6) is 0 Å². The fourth-order valence-electron chi connectivity index (χ4n) is 3.35. The van der Waals surface area contributed by atoms with Crippen LogP contribution in [0.15, 0.2) is 42.5 Å². The number of piperidine rings is 1. The molecule has 0 saturated carbocycles. The van der Waals surface area contributed by atoms with Crippen molar-refractivity contribution in [1.29, 1.82) is 0 Å². The Kier molecular flexibility index (Phi) is 5.22. The Labute approximate surface area is 148 Å². The highest BCUT2D eigenvalue weighted by Crippen LogP contribution is 2.17. The Bertz CT molecular complexity index is 766. The van der Waals surface area contributed by atoms with Crippen LogP contribution in [0.2, 0.25) is 0 Å². The van der Waals surface area contributed by atoms with Gasteiger partial charge < -0.3 is 15.1 Å². The van der Waals surface area contributed by atoms with Gasteiger partial charge in [-0.15, -0.1) is 0 Å². The van der Waals surface area contributed by atoms with E-state index in [9.17, 15) is 9.59 Å². The molecule has 0 bridgehead atoms. The second-order valence-electron chi connectivity index (χ2n) is 6.69. The highest BCUT2D eigenvalue weighted by atomic mass is 16.2. The number of nitrogens with one attached hydrogen (secondary N) is 1. The predicted molar refractivity (Wildman–Crippen MR) is 99.2 cm³/mol. The Balaban J connectivity index is 1.52. The summed E-state index contributed by atoms with van der Waals surface area (Å²) in [5.74, 6) is 0.0826. The second kappa shape index (κ2) is 7.55. The number of hydrogen-bond acceptors (Lipinski definition) is 2. The number of likely N-dealkylation sites (tertiary alicyclic amines) is 1. The first-order chi connectivity index (χ1) is 12.0. The van der Waals surface area contributed by atoms with Crippen LogP contribution in [-0.4, -0.2) is 47.9 Å². The highest BCUT2D eigenvalue weighted by Gasteiger charge is 2.26. The molecule has 1 heterocycles. The van der Waals surface area contributed by atoms with Crippen LogP contribution in [0.25, 0.3) is 10.8 Å². The number of carbonyl (C=O) groups is 2. The van der Waals surface area contributed by atoms with Gasteiger partial charge in [0.15, 0.2) is 0 Å². The molecule has 0 aliphatic carbocycles. The lowest BCUT2D eigenvalue weighted by atomic mass is 10.0. The van der Waals surface area contributed by atoms with Gasteiger partial charge in [0.05, 0.1) is 0 Å². The first-order valence-electron chi connectivity index (χ1n) is 8.78. The Morgan fingerprint density at radius 2 is 1.80 bits per heavy atom. The number of nitrogens with zero attached hydrogens (tertiary/aromatic N) is 2. The lowest BCUT2D eigenvalue weighted by Crippen LogP contribution is -2.49. The monoisotopic (exact) mass is 339 g/mol. The summed E-state index contributed by atoms with van der Waals surface area (Å²) < 4.78 is 0. The maximum Gasteiger partial charge on any atom is 0.317 e. The molecule has 1 N–H and O–H groups in total. The van der Waals surface area contributed by atoms with E-state index in [1.54, 1.807) is 11.8 Å². The van der Waals surface area contributed by atoms with E-state index < -0.39 is 0 Å². The predicted octanol–water partition coefficient (Wildman–Crippen LogP) is 2.99. The fraction of sp³-hybridized carbons (Fsp3) is 0.400. The van der Waals surface area contributed by atoms with Crippen molar-refractivity contribution in [3.05, 3.63) is 48.0 Å². The third-order valence-corrected chi connectivity index (χ3v) is 5.05. The molecule has 0 aromatic heterocycles. The summed E-state index contributed by atoms with van der Waals surface area (Å²) in [6.45, 7) is 3.48. The van der Waals surface area contributed by atoms with Crippen molar-refractivity contribution in [2.24, 2.45) is 0 Å². The molecule has 1 fully saturated rings. The number of urea groups is 1. The number of rotatable bonds is 3. The maximum absolute atomic E-state index is 12.4. The lowest BCUT2D eigenvalue weighted by molar-refractivity contribution is -0.130. The van der Waals surface area contributed by atoms with E-state index in [2.05, 4.69) is 35.6 Å². The third-order valence-electron chi connectivity index (χ3n) is 5.05. The first-order valence-corrected chi connectivity index (χ1v) is 8.78. The van der Waals surface area contributed by atoms with Gasteiger partial charge in [0, 0.05) is 39.6 Å². The molecule has 1 aliphatic rings. The van der Waals surface area contributed by atoms with Crippen LogP contribution < -0.4 is 5.32 Å². The summed E-state index contributed by atoms with van der Waals surface area (Å²) in [4.78, 5) is 27.4. The van der Waals surface area contributed by atoms with E-state index in [1.807, 2.05) is 24.1 Å². The van der Waals surface area contributed by atoms with E-state index in [4.69, 9.17) is 0 Å². The normalized spacial score (nSPS) is 15.2. The molecule has 132 valence electrons. The molecule has 5 heteroatoms. The Hall–Kier alpha value is -2.56. The molecule has 3 rings (SSSR count). The van der Waals surface area contributed by atoms with Crippen molar-refractivity contribution >= 4 is 22.7 Å². The average molecular weight is 339 g/mol. The van der Waals surface area contributed by atoms with Gasteiger partial charge in [-0.2, -0.15) is 0 Å². The topological polar surface area (TPSA) is 52.7 Å². The quantitative estimate of drug-likeness (QED) is 0.935. The standard InChI is InChI=1S/C20H25N3O2/c1-15(24)22(2)19-9-11-23(12-10-19)20(25)21-14-16-7-8-17-5-3-4-6-18(17)13-16/h3-8,13,19H,9-12,14H2,1-2H3,(H,21,25). The number of fused-ring (bicyclic) bond motifs is 1. The van der Waals surface area contributed by atoms with Crippen LogP contribution in [0.4, 0.5) is 4.79 Å². The molecule has 3 amide bonds. The number of amides is 3. The summed E-state index contributed by atoms with van der Waals surface area (Å²) in [5, 5.41) is 5.39. The molecular weight excluding hydrogens is 314 g/mol. The van der Waals surface area contributed by atoms with Gasteiger partial charge in [-0.1, -0.05) is 36.4 Å². The van der Waals surface area contributed by atoms with Gasteiger partial charge >= 0.3 is 6.03 Å². The number of benzene rings is 2. The Morgan fingerprint density at radius 1 is 1.12 bits per heavy atom. The van der Waals surface area contributed by atoms with Crippen molar-refractivity contribution in [2.45, 2.75) is 32.4 Å². The Morgan fingerprint density at radius 3 is 2.48 bits per heavy atom. The highest BCUT2D eigenvalue weighted by molar-refractivity contribution is 5.83. The van der Waals surface area contributed by atoms with Crippen LogP contribution in [0.1, 0.15) is 25.3 Å². The molecule has 25 heavy (non-hydrogen) atoms. The van der Waals surface area contributed by atoms with Crippen LogP contribution in [0.3, 0.4) is 0 Å². The van der Waals surface area contributed by atoms with Crippen molar-refractivity contribution in [3.8, 4) is 0 Å². The van der Waals surface area contributed by atoms with Gasteiger partial charge in [-0.25, -0.2) is 4.79 Å². The number of carbonyl (C=O) groups excluding carboxylic acids is 2. The zero-order valence-corrected chi connectivity index (χ0v) is 14.9. The van der Waals surface area contributed by atoms with Gasteiger partial charge in [-0.05, 0) is 35.2 Å². The maximum atomic E-state index is 12.4. The zero-order chi connectivity index (χ0) is 17.8. The summed E-state index contributed by atoms with van der Waals surface area (Å²) in [5.41, 5.74) is 1.10. The van der Waals surface area contributed by atoms with Crippen molar-refractivity contribution in [1.82, 2.24) is 15.1 Å². The van der Waals surface area contributed by atoms with Crippen LogP contribution in [0, 0.1) is 0 Å². The van der Waals surface area contributed by atoms with Crippen LogP contribution >= 0.6 is 0 Å². The summed E-state index contributed by atoms with van der Waals surface area (Å²) >= 11 is 0. The van der Waals surface area contributed by atoms with E-state index in [1.165, 1.54) is 10.8 Å². The van der Waals surface area contributed by atoms with Crippen molar-refractivity contribution in [3.63, 3.8) is 0 Å². The summed E-state index contributed by atoms with van der Waals surface area (Å²) in [7, 11) is 1.84. The van der Waals surface area contributed by atoms with Gasteiger partial charge in [0.2, 0.25) is 5.91 Å². The minimum absolute atomic E-state index is 0.0305. The molecule has 0 spiro atoms. The third kappa shape index (κ3) is 4.10. The smallest absolute Gasteiger partial charge is 0.317 e. The lowest BCUT2D eigenvalue weighted by Gasteiger charge is -2.36. The van der Waals surface area contributed by atoms with Crippen molar-refractivity contribution in [2.75, 3.05) is 20.1 Å². The molecule has 2 aromatic rings. The molecule has 1 saturated heterocycles. The summed E-state index contributed by atoms with van der Waals surface area (Å²) in [6, 6.07) is 14.7. The molecule has 0 atom stereocenters. The molecule has 0 radical (unpaired) electrons. The fourth-order valence-corrected chi connectivity index (χ4v) is 3.35. The number of hydrogen-bond donors (Lipinski definition) is 1. The molecule has 0 unspecified atom stereocenters. The summed E-state index contributed by atoms with van der Waals surface area (Å²) in [6.07, 6.45) is 1.67. The van der Waals surface area contributed by atoms with Gasteiger partial charge in [0.1, 0.15) is 0 Å². The minimum Gasteiger partial charge on any atom is -0.343 e. The van der Waals surface area contributed by atoms with E-state index in [0.29, 0.717) is 19.6 Å². The molecule has 1 aliphatic heterocycles. The van der Waals surface area contributed by atoms with Gasteiger partial charge in [0.25, 0.3) is 0 Å². The average Bonchev–Trinajstić information content (AvgIpc) is 2.65. The van der Waals surface area contributed by atoms with Crippen LogP contribution in [-0.2, 0) is 11.3 Å². The van der Waals surface area contributed by atoms with Crippen molar-refractivity contribution < 1.29 is 9.59 Å². The minimum atomic E-state index is -0.0305. The van der Waals surface area contributed by atoms with E-state index in [0.717, 1.165) is 18.4 Å². The second-order valence-corrected chi connectivity index (χ2v) is 6.69. The SMILES string of the molecule is CC(=O)N(C)C1CCN(C(=O)NCc2ccc3ccccc3c2)CC1. The zero-order valence-electron chi connectivity index (χ0n) is 14.9.